The minimum absolute atomic E-state index is 0.0891. The molecule has 4 rings (SSSR count). The Morgan fingerprint density at radius 2 is 1.97 bits per heavy atom. The van der Waals surface area contributed by atoms with Crippen LogP contribution in [0.1, 0.15) is 38.3 Å². The van der Waals surface area contributed by atoms with E-state index in [1.54, 1.807) is 49.7 Å². The molecule has 1 aromatic heterocycles. The van der Waals surface area contributed by atoms with Gasteiger partial charge in [0.15, 0.2) is 12.1 Å². The number of methoxy groups -OCH3 is 1. The molecular formula is C25H23ClN2O4. The average molecular weight is 451 g/mol. The van der Waals surface area contributed by atoms with Gasteiger partial charge >= 0.3 is 0 Å². The number of anilines is 1. The summed E-state index contributed by atoms with van der Waals surface area (Å²) in [4.78, 5) is 31.0. The van der Waals surface area contributed by atoms with Crippen molar-refractivity contribution in [2.24, 2.45) is 0 Å². The standard InChI is InChI=1S/C25H23ClN2O4/c1-31-16-17-4-6-18(7-5-17)24(30)19-8-9-23(20(13-19)15-29)28-12-10-21(14-28)32-25-22(26)3-2-11-27-25/h2-9,11,13,15,21H,10,12,14,16H2,1H3/t21-/m0/s1. The van der Waals surface area contributed by atoms with Crippen LogP contribution >= 0.6 is 11.6 Å². The molecule has 0 N–H and O–H groups in total. The lowest BCUT2D eigenvalue weighted by atomic mass is 9.99. The Balaban J connectivity index is 1.48. The van der Waals surface area contributed by atoms with Crippen molar-refractivity contribution in [3.05, 3.63) is 88.1 Å². The fraction of sp³-hybridized carbons (Fsp3) is 0.240. The van der Waals surface area contributed by atoms with Gasteiger partial charge in [-0.25, -0.2) is 4.98 Å². The molecular weight excluding hydrogens is 428 g/mol. The van der Waals surface area contributed by atoms with E-state index >= 15 is 0 Å². The van der Waals surface area contributed by atoms with E-state index < -0.39 is 0 Å². The van der Waals surface area contributed by atoms with E-state index in [1.807, 2.05) is 18.2 Å². The van der Waals surface area contributed by atoms with Crippen molar-refractivity contribution in [2.75, 3.05) is 25.1 Å². The molecule has 0 saturated carbocycles. The van der Waals surface area contributed by atoms with Gasteiger partial charge in [0.05, 0.1) is 13.2 Å². The molecule has 1 fully saturated rings. The van der Waals surface area contributed by atoms with Gasteiger partial charge in [-0.1, -0.05) is 35.9 Å². The van der Waals surface area contributed by atoms with Crippen molar-refractivity contribution in [2.45, 2.75) is 19.1 Å². The van der Waals surface area contributed by atoms with Crippen LogP contribution in [0, 0.1) is 0 Å². The highest BCUT2D eigenvalue weighted by Gasteiger charge is 2.27. The zero-order valence-corrected chi connectivity index (χ0v) is 18.4. The van der Waals surface area contributed by atoms with Gasteiger partial charge in [-0.3, -0.25) is 9.59 Å². The number of rotatable bonds is 8. The van der Waals surface area contributed by atoms with Crippen LogP contribution in [0.4, 0.5) is 5.69 Å². The SMILES string of the molecule is COCc1ccc(C(=O)c2ccc(N3CC[C@H](Oc4ncccc4Cl)C3)c(C=O)c2)cc1. The predicted octanol–water partition coefficient (Wildman–Crippen LogP) is 4.58. The summed E-state index contributed by atoms with van der Waals surface area (Å²) in [5, 5.41) is 0.470. The van der Waals surface area contributed by atoms with E-state index in [0.29, 0.717) is 40.7 Å². The minimum Gasteiger partial charge on any atom is -0.471 e. The van der Waals surface area contributed by atoms with Crippen LogP contribution in [0.15, 0.2) is 60.8 Å². The Labute approximate surface area is 191 Å². The molecule has 6 nitrogen and oxygen atoms in total. The number of halogens is 1. The van der Waals surface area contributed by atoms with Crippen LogP contribution in [-0.2, 0) is 11.3 Å². The van der Waals surface area contributed by atoms with Crippen LogP contribution in [0.2, 0.25) is 5.02 Å². The third-order valence-corrected chi connectivity index (χ3v) is 5.72. The molecule has 0 radical (unpaired) electrons. The predicted molar refractivity (Wildman–Crippen MR) is 123 cm³/mol. The van der Waals surface area contributed by atoms with Crippen molar-refractivity contribution >= 4 is 29.4 Å². The van der Waals surface area contributed by atoms with Gasteiger partial charge in [-0.2, -0.15) is 0 Å². The largest absolute Gasteiger partial charge is 0.471 e. The summed E-state index contributed by atoms with van der Waals surface area (Å²) < 4.78 is 11.0. The number of ether oxygens (including phenoxy) is 2. The Bertz CT molecular complexity index is 1120. The van der Waals surface area contributed by atoms with Crippen LogP contribution < -0.4 is 9.64 Å². The quantitative estimate of drug-likeness (QED) is 0.369. The van der Waals surface area contributed by atoms with E-state index in [-0.39, 0.29) is 11.9 Å². The molecule has 1 aliphatic heterocycles. The molecule has 0 unspecified atom stereocenters. The minimum atomic E-state index is -0.129. The second kappa shape index (κ2) is 9.94. The highest BCUT2D eigenvalue weighted by molar-refractivity contribution is 6.31. The van der Waals surface area contributed by atoms with Gasteiger partial charge < -0.3 is 14.4 Å². The molecule has 1 aliphatic rings. The maximum Gasteiger partial charge on any atom is 0.232 e. The van der Waals surface area contributed by atoms with E-state index in [2.05, 4.69) is 9.88 Å². The van der Waals surface area contributed by atoms with Crippen molar-refractivity contribution in [3.63, 3.8) is 0 Å². The first-order valence-electron chi connectivity index (χ1n) is 10.3. The molecule has 2 heterocycles. The van der Waals surface area contributed by atoms with E-state index in [0.717, 1.165) is 30.5 Å². The number of nitrogens with zero attached hydrogens (tertiary/aromatic N) is 2. The number of benzene rings is 2. The summed E-state index contributed by atoms with van der Waals surface area (Å²) in [6.07, 6.45) is 3.12. The highest BCUT2D eigenvalue weighted by Crippen LogP contribution is 2.29. The molecule has 32 heavy (non-hydrogen) atoms. The van der Waals surface area contributed by atoms with Crippen molar-refractivity contribution < 1.29 is 19.1 Å². The molecule has 0 aliphatic carbocycles. The first kappa shape index (κ1) is 22.0. The van der Waals surface area contributed by atoms with E-state index in [4.69, 9.17) is 21.1 Å². The monoisotopic (exact) mass is 450 g/mol. The first-order chi connectivity index (χ1) is 15.6. The Kier molecular flexibility index (Phi) is 6.83. The van der Waals surface area contributed by atoms with E-state index in [9.17, 15) is 9.59 Å². The maximum absolute atomic E-state index is 12.9. The molecule has 1 saturated heterocycles. The third kappa shape index (κ3) is 4.82. The molecule has 1 atom stereocenters. The van der Waals surface area contributed by atoms with Crippen molar-refractivity contribution in [3.8, 4) is 5.88 Å². The van der Waals surface area contributed by atoms with E-state index in [1.165, 1.54) is 0 Å². The number of carbonyl (C=O) groups is 2. The third-order valence-electron chi connectivity index (χ3n) is 5.43. The summed E-state index contributed by atoms with van der Waals surface area (Å²) in [6, 6.07) is 16.0. The normalized spacial score (nSPS) is 15.6. The number of hydrogen-bond donors (Lipinski definition) is 0. The number of ketones is 1. The average Bonchev–Trinajstić information content (AvgIpc) is 3.29. The number of hydrogen-bond acceptors (Lipinski definition) is 6. The van der Waals surface area contributed by atoms with Crippen molar-refractivity contribution in [1.29, 1.82) is 0 Å². The molecule has 3 aromatic rings. The van der Waals surface area contributed by atoms with Gasteiger partial charge in [0.25, 0.3) is 0 Å². The van der Waals surface area contributed by atoms with Crippen LogP contribution in [-0.4, -0.2) is 43.4 Å². The zero-order valence-electron chi connectivity index (χ0n) is 17.7. The van der Waals surface area contributed by atoms with Crippen LogP contribution in [0.3, 0.4) is 0 Å². The van der Waals surface area contributed by atoms with Crippen molar-refractivity contribution in [1.82, 2.24) is 4.98 Å². The molecule has 0 spiro atoms. The Hall–Kier alpha value is -3.22. The number of aldehydes is 1. The number of aromatic nitrogens is 1. The summed E-state index contributed by atoms with van der Waals surface area (Å²) in [7, 11) is 1.63. The fourth-order valence-electron chi connectivity index (χ4n) is 3.82. The molecule has 7 heteroatoms. The Morgan fingerprint density at radius 1 is 1.19 bits per heavy atom. The lowest BCUT2D eigenvalue weighted by Gasteiger charge is -2.21. The fourth-order valence-corrected chi connectivity index (χ4v) is 3.99. The number of pyridine rings is 1. The van der Waals surface area contributed by atoms with Crippen LogP contribution in [0.25, 0.3) is 0 Å². The topological polar surface area (TPSA) is 68.7 Å². The lowest BCUT2D eigenvalue weighted by molar-refractivity contribution is 0.103. The summed E-state index contributed by atoms with van der Waals surface area (Å²) >= 11 is 6.14. The molecule has 0 bridgehead atoms. The molecule has 2 aromatic carbocycles. The number of carbonyl (C=O) groups excluding carboxylic acids is 2. The van der Waals surface area contributed by atoms with Gasteiger partial charge in [0.1, 0.15) is 11.1 Å². The second-order valence-corrected chi connectivity index (χ2v) is 8.02. The van der Waals surface area contributed by atoms with Gasteiger partial charge in [0.2, 0.25) is 5.88 Å². The summed E-state index contributed by atoms with van der Waals surface area (Å²) in [5.41, 5.74) is 3.29. The second-order valence-electron chi connectivity index (χ2n) is 7.62. The molecule has 164 valence electrons. The first-order valence-corrected chi connectivity index (χ1v) is 10.7. The van der Waals surface area contributed by atoms with Gasteiger partial charge in [-0.05, 0) is 35.9 Å². The van der Waals surface area contributed by atoms with Crippen LogP contribution in [0.5, 0.6) is 5.88 Å². The zero-order chi connectivity index (χ0) is 22.5. The smallest absolute Gasteiger partial charge is 0.232 e. The van der Waals surface area contributed by atoms with Gasteiger partial charge in [0, 0.05) is 48.6 Å². The maximum atomic E-state index is 12.9. The lowest BCUT2D eigenvalue weighted by Crippen LogP contribution is -2.25. The Morgan fingerprint density at radius 3 is 2.69 bits per heavy atom. The summed E-state index contributed by atoms with van der Waals surface area (Å²) in [6.45, 7) is 1.82. The highest BCUT2D eigenvalue weighted by atomic mass is 35.5. The van der Waals surface area contributed by atoms with Gasteiger partial charge in [-0.15, -0.1) is 0 Å². The molecule has 0 amide bonds. The summed E-state index contributed by atoms with van der Waals surface area (Å²) in [5.74, 6) is 0.283.